The average Bonchev–Trinajstić information content (AvgIpc) is 3.47. The molecule has 1 spiro atoms. The lowest BCUT2D eigenvalue weighted by molar-refractivity contribution is 0.0659. The molecule has 2 saturated heterocycles. The quantitative estimate of drug-likeness (QED) is 0.477. The van der Waals surface area contributed by atoms with Gasteiger partial charge >= 0.3 is 0 Å². The Morgan fingerprint density at radius 1 is 1.11 bits per heavy atom. The van der Waals surface area contributed by atoms with Crippen LogP contribution in [0.4, 0.5) is 14.5 Å². The Morgan fingerprint density at radius 3 is 2.70 bits per heavy atom. The van der Waals surface area contributed by atoms with Crippen molar-refractivity contribution in [2.75, 3.05) is 44.6 Å². The summed E-state index contributed by atoms with van der Waals surface area (Å²) in [5.41, 5.74) is 5.04. The highest BCUT2D eigenvalue weighted by Gasteiger charge is 2.46. The second-order valence-electron chi connectivity index (χ2n) is 11.6. The van der Waals surface area contributed by atoms with Gasteiger partial charge in [0, 0.05) is 48.7 Å². The number of benzene rings is 2. The molecule has 2 atom stereocenters. The minimum Gasteiger partial charge on any atom is -0.384 e. The molecule has 0 aliphatic carbocycles. The highest BCUT2D eigenvalue weighted by atomic mass is 19.1. The number of anilines is 1. The van der Waals surface area contributed by atoms with Crippen LogP contribution in [0.15, 0.2) is 36.4 Å². The lowest BCUT2D eigenvalue weighted by atomic mass is 9.67. The van der Waals surface area contributed by atoms with Gasteiger partial charge in [0.25, 0.3) is 5.91 Å². The molecule has 3 aliphatic heterocycles. The average molecular weight is 507 g/mol. The fourth-order valence-corrected chi connectivity index (χ4v) is 6.95. The van der Waals surface area contributed by atoms with Crippen molar-refractivity contribution in [3.63, 3.8) is 0 Å². The summed E-state index contributed by atoms with van der Waals surface area (Å²) in [6.45, 7) is 10.4. The predicted molar refractivity (Wildman–Crippen MR) is 143 cm³/mol. The van der Waals surface area contributed by atoms with Crippen LogP contribution in [0.25, 0.3) is 10.9 Å². The minimum absolute atomic E-state index is 0.134. The summed E-state index contributed by atoms with van der Waals surface area (Å²) in [6.07, 6.45) is 4.32. The van der Waals surface area contributed by atoms with E-state index in [0.29, 0.717) is 36.1 Å². The van der Waals surface area contributed by atoms with Gasteiger partial charge in [-0.2, -0.15) is 0 Å². The van der Waals surface area contributed by atoms with Crippen LogP contribution in [-0.2, 0) is 5.41 Å². The topological polar surface area (TPSA) is 51.4 Å². The molecule has 5 nitrogen and oxygen atoms in total. The first-order valence-electron chi connectivity index (χ1n) is 13.7. The lowest BCUT2D eigenvalue weighted by Crippen LogP contribution is -2.50. The molecule has 2 fully saturated rings. The molecule has 0 saturated carbocycles. The summed E-state index contributed by atoms with van der Waals surface area (Å²) in [5, 5.41) is 3.93. The highest BCUT2D eigenvalue weighted by Crippen LogP contribution is 2.47. The summed E-state index contributed by atoms with van der Waals surface area (Å²) in [5.74, 6) is -0.214. The van der Waals surface area contributed by atoms with Gasteiger partial charge in [-0.15, -0.1) is 0 Å². The van der Waals surface area contributed by atoms with Gasteiger partial charge in [-0.3, -0.25) is 4.79 Å². The van der Waals surface area contributed by atoms with Gasteiger partial charge in [0.1, 0.15) is 17.3 Å². The maximum atomic E-state index is 14.1. The zero-order chi connectivity index (χ0) is 25.7. The number of carbonyl (C=O) groups is 1. The number of piperidine rings is 2. The Morgan fingerprint density at radius 2 is 1.92 bits per heavy atom. The number of aryl methyl sites for hydroxylation is 1. The van der Waals surface area contributed by atoms with Crippen LogP contribution in [0.2, 0.25) is 0 Å². The first kappa shape index (κ1) is 24.4. The summed E-state index contributed by atoms with van der Waals surface area (Å²) < 4.78 is 27.6. The van der Waals surface area contributed by atoms with Gasteiger partial charge in [0.05, 0.1) is 5.52 Å². The van der Waals surface area contributed by atoms with Crippen molar-refractivity contribution >= 4 is 22.5 Å². The Labute approximate surface area is 217 Å². The maximum absolute atomic E-state index is 14.1. The molecule has 3 aromatic rings. The monoisotopic (exact) mass is 506 g/mol. The van der Waals surface area contributed by atoms with Gasteiger partial charge in [0.2, 0.25) is 0 Å². The SMILES string of the molecule is Cc1ccc2c(c1)NC[C@@]21CCN(CCC2CCN(C(=O)c3cc4c(F)cc(F)cc4[nH]3)CC2)C[C@H]1C. The molecule has 2 aromatic carbocycles. The zero-order valence-electron chi connectivity index (χ0n) is 21.7. The number of nitrogens with one attached hydrogen (secondary N) is 2. The minimum atomic E-state index is -0.648. The number of hydrogen-bond acceptors (Lipinski definition) is 3. The molecule has 2 N–H and O–H groups in total. The molecule has 1 aromatic heterocycles. The number of hydrogen-bond donors (Lipinski definition) is 2. The van der Waals surface area contributed by atoms with Crippen LogP contribution in [0.1, 0.15) is 54.2 Å². The third-order valence-corrected chi connectivity index (χ3v) is 9.29. The van der Waals surface area contributed by atoms with Crippen LogP contribution in [0, 0.1) is 30.4 Å². The third-order valence-electron chi connectivity index (χ3n) is 9.29. The van der Waals surface area contributed by atoms with E-state index in [4.69, 9.17) is 0 Å². The molecule has 4 heterocycles. The van der Waals surface area contributed by atoms with E-state index in [2.05, 4.69) is 47.2 Å². The smallest absolute Gasteiger partial charge is 0.270 e. The number of nitrogens with zero attached hydrogens (tertiary/aromatic N) is 2. The van der Waals surface area contributed by atoms with Gasteiger partial charge in [-0.25, -0.2) is 8.78 Å². The number of amides is 1. The van der Waals surface area contributed by atoms with E-state index < -0.39 is 11.6 Å². The first-order valence-corrected chi connectivity index (χ1v) is 13.7. The zero-order valence-corrected chi connectivity index (χ0v) is 21.7. The van der Waals surface area contributed by atoms with Crippen LogP contribution in [0.5, 0.6) is 0 Å². The summed E-state index contributed by atoms with van der Waals surface area (Å²) in [6, 6.07) is 10.5. The fourth-order valence-electron chi connectivity index (χ4n) is 6.95. The van der Waals surface area contributed by atoms with E-state index in [1.807, 2.05) is 4.90 Å². The third kappa shape index (κ3) is 4.41. The van der Waals surface area contributed by atoms with E-state index >= 15 is 0 Å². The molecule has 7 heteroatoms. The number of rotatable bonds is 4. The van der Waals surface area contributed by atoms with Crippen molar-refractivity contribution in [3.05, 3.63) is 64.9 Å². The number of likely N-dealkylation sites (tertiary alicyclic amines) is 2. The number of fused-ring (bicyclic) bond motifs is 3. The van der Waals surface area contributed by atoms with Crippen molar-refractivity contribution in [1.82, 2.24) is 14.8 Å². The van der Waals surface area contributed by atoms with Gasteiger partial charge in [-0.05, 0) is 86.9 Å². The van der Waals surface area contributed by atoms with E-state index in [1.165, 1.54) is 35.4 Å². The summed E-state index contributed by atoms with van der Waals surface area (Å²) in [4.78, 5) is 20.4. The number of aromatic amines is 1. The summed E-state index contributed by atoms with van der Waals surface area (Å²) >= 11 is 0. The molecule has 196 valence electrons. The molecule has 1 amide bonds. The highest BCUT2D eigenvalue weighted by molar-refractivity contribution is 5.98. The van der Waals surface area contributed by atoms with Crippen molar-refractivity contribution in [1.29, 1.82) is 0 Å². The number of aromatic nitrogens is 1. The van der Waals surface area contributed by atoms with Gasteiger partial charge < -0.3 is 20.1 Å². The van der Waals surface area contributed by atoms with Crippen molar-refractivity contribution in [3.8, 4) is 0 Å². The molecule has 0 unspecified atom stereocenters. The van der Waals surface area contributed by atoms with Crippen LogP contribution >= 0.6 is 0 Å². The number of carbonyl (C=O) groups excluding carboxylic acids is 1. The molecule has 0 bridgehead atoms. The second-order valence-corrected chi connectivity index (χ2v) is 11.6. The van der Waals surface area contributed by atoms with Crippen LogP contribution < -0.4 is 5.32 Å². The van der Waals surface area contributed by atoms with Crippen molar-refractivity contribution in [2.24, 2.45) is 11.8 Å². The predicted octanol–water partition coefficient (Wildman–Crippen LogP) is 5.70. The largest absolute Gasteiger partial charge is 0.384 e. The molecule has 6 rings (SSSR count). The first-order chi connectivity index (χ1) is 17.8. The van der Waals surface area contributed by atoms with E-state index in [1.54, 1.807) is 0 Å². The molecular weight excluding hydrogens is 470 g/mol. The van der Waals surface area contributed by atoms with Crippen molar-refractivity contribution in [2.45, 2.75) is 44.9 Å². The van der Waals surface area contributed by atoms with E-state index in [0.717, 1.165) is 51.5 Å². The standard InChI is InChI=1S/C30H36F2N4O/c1-19-3-4-24-27(13-19)33-18-30(24)8-12-35(17-20(30)2)9-5-21-6-10-36(11-7-21)29(37)28-16-23-25(32)14-22(31)15-26(23)34-28/h3-4,13-16,20-21,33-34H,5-12,17-18H2,1-2H3/t20-,30-/m1/s1. The van der Waals surface area contributed by atoms with Crippen LogP contribution in [0.3, 0.4) is 0 Å². The Kier molecular flexibility index (Phi) is 6.22. The van der Waals surface area contributed by atoms with E-state index in [9.17, 15) is 13.6 Å². The normalized spacial score (nSPS) is 24.5. The Balaban J connectivity index is 1.00. The molecule has 37 heavy (non-hydrogen) atoms. The fraction of sp³-hybridized carbons (Fsp3) is 0.500. The molecule has 0 radical (unpaired) electrons. The Bertz CT molecular complexity index is 1330. The van der Waals surface area contributed by atoms with Crippen LogP contribution in [-0.4, -0.2) is 60.0 Å². The molecule has 3 aliphatic rings. The van der Waals surface area contributed by atoms with Gasteiger partial charge in [0.15, 0.2) is 0 Å². The lowest BCUT2D eigenvalue weighted by Gasteiger charge is -2.45. The number of H-pyrrole nitrogens is 1. The molecular formula is C30H36F2N4O. The summed E-state index contributed by atoms with van der Waals surface area (Å²) in [7, 11) is 0. The Hall–Kier alpha value is -2.93. The number of halogens is 2. The van der Waals surface area contributed by atoms with Crippen molar-refractivity contribution < 1.29 is 13.6 Å². The maximum Gasteiger partial charge on any atom is 0.270 e. The van der Waals surface area contributed by atoms with Gasteiger partial charge in [-0.1, -0.05) is 19.1 Å². The van der Waals surface area contributed by atoms with E-state index in [-0.39, 0.29) is 16.7 Å². The second kappa shape index (κ2) is 9.43.